The number of thiophene rings is 1. The van der Waals surface area contributed by atoms with E-state index in [0.29, 0.717) is 11.3 Å². The third-order valence-corrected chi connectivity index (χ3v) is 3.93. The molecule has 1 aromatic heterocycles. The minimum absolute atomic E-state index is 0.263. The molecular formula is C13H11IN2O2S. The van der Waals surface area contributed by atoms with Gasteiger partial charge in [0.1, 0.15) is 5.75 Å². The van der Waals surface area contributed by atoms with Gasteiger partial charge in [-0.3, -0.25) is 4.79 Å². The Hall–Kier alpha value is -1.41. The van der Waals surface area contributed by atoms with Crippen molar-refractivity contribution in [2.45, 2.75) is 0 Å². The molecule has 0 bridgehead atoms. The summed E-state index contributed by atoms with van der Waals surface area (Å²) in [6, 6.07) is 7.18. The number of halogens is 1. The average molecular weight is 386 g/mol. The topological polar surface area (TPSA) is 50.7 Å². The van der Waals surface area contributed by atoms with E-state index in [0.717, 1.165) is 9.13 Å². The van der Waals surface area contributed by atoms with Gasteiger partial charge < -0.3 is 4.74 Å². The summed E-state index contributed by atoms with van der Waals surface area (Å²) in [7, 11) is 1.58. The quantitative estimate of drug-likeness (QED) is 0.499. The van der Waals surface area contributed by atoms with Gasteiger partial charge in [-0.15, -0.1) is 0 Å². The van der Waals surface area contributed by atoms with Crippen LogP contribution in [0.25, 0.3) is 0 Å². The first-order valence-corrected chi connectivity index (χ1v) is 7.42. The lowest BCUT2D eigenvalue weighted by atomic mass is 10.2. The lowest BCUT2D eigenvalue weighted by molar-refractivity contribution is 0.0955. The molecule has 19 heavy (non-hydrogen) atoms. The van der Waals surface area contributed by atoms with Crippen molar-refractivity contribution in [3.05, 3.63) is 49.7 Å². The summed E-state index contributed by atoms with van der Waals surface area (Å²) in [6.45, 7) is 0. The molecule has 1 heterocycles. The standard InChI is InChI=1S/C13H11IN2O2S/c1-18-12-6-10(2-3-11(12)14)13(17)16-15-7-9-4-5-19-8-9/h2-8H,1H3,(H,16,17)/b15-7-. The summed E-state index contributed by atoms with van der Waals surface area (Å²) in [5, 5.41) is 7.81. The van der Waals surface area contributed by atoms with Crippen LogP contribution < -0.4 is 10.2 Å². The molecule has 0 atom stereocenters. The fraction of sp³-hybridized carbons (Fsp3) is 0.0769. The lowest BCUT2D eigenvalue weighted by Gasteiger charge is -2.05. The molecule has 0 aliphatic rings. The Bertz CT molecular complexity index is 597. The Morgan fingerprint density at radius 1 is 1.47 bits per heavy atom. The normalized spacial score (nSPS) is 10.6. The zero-order valence-corrected chi connectivity index (χ0v) is 13.1. The smallest absolute Gasteiger partial charge is 0.271 e. The van der Waals surface area contributed by atoms with E-state index in [9.17, 15) is 4.79 Å². The zero-order valence-electron chi connectivity index (χ0n) is 10.1. The van der Waals surface area contributed by atoms with Crippen LogP contribution in [-0.2, 0) is 0 Å². The number of rotatable bonds is 4. The first kappa shape index (κ1) is 14.0. The molecule has 6 heteroatoms. The molecule has 0 radical (unpaired) electrons. The second-order valence-corrected chi connectivity index (χ2v) is 5.55. The minimum Gasteiger partial charge on any atom is -0.496 e. The Labute approximate surface area is 128 Å². The van der Waals surface area contributed by atoms with Crippen LogP contribution in [0, 0.1) is 3.57 Å². The molecular weight excluding hydrogens is 375 g/mol. The van der Waals surface area contributed by atoms with Crippen molar-refractivity contribution in [3.63, 3.8) is 0 Å². The molecule has 2 aromatic rings. The number of benzene rings is 1. The molecule has 1 N–H and O–H groups in total. The molecule has 0 saturated carbocycles. The first-order chi connectivity index (χ1) is 9.20. The molecule has 0 spiro atoms. The zero-order chi connectivity index (χ0) is 13.7. The van der Waals surface area contributed by atoms with Gasteiger partial charge >= 0.3 is 0 Å². The van der Waals surface area contributed by atoms with Crippen LogP contribution in [0.1, 0.15) is 15.9 Å². The average Bonchev–Trinajstić information content (AvgIpc) is 2.92. The van der Waals surface area contributed by atoms with Crippen LogP contribution in [0.4, 0.5) is 0 Å². The first-order valence-electron chi connectivity index (χ1n) is 5.40. The summed E-state index contributed by atoms with van der Waals surface area (Å²) in [5.41, 5.74) is 3.96. The molecule has 0 fully saturated rings. The molecule has 0 aliphatic carbocycles. The van der Waals surface area contributed by atoms with Crippen molar-refractivity contribution in [3.8, 4) is 5.75 Å². The van der Waals surface area contributed by atoms with E-state index in [1.54, 1.807) is 36.8 Å². The van der Waals surface area contributed by atoms with Gasteiger partial charge in [-0.1, -0.05) is 0 Å². The van der Waals surface area contributed by atoms with Crippen molar-refractivity contribution in [2.24, 2.45) is 5.10 Å². The minimum atomic E-state index is -0.263. The van der Waals surface area contributed by atoms with Gasteiger partial charge in [0.15, 0.2) is 0 Å². The van der Waals surface area contributed by atoms with E-state index < -0.39 is 0 Å². The Balaban J connectivity index is 2.04. The van der Waals surface area contributed by atoms with Gasteiger partial charge in [-0.2, -0.15) is 16.4 Å². The van der Waals surface area contributed by atoms with Gasteiger partial charge in [-0.05, 0) is 57.6 Å². The van der Waals surface area contributed by atoms with Gasteiger partial charge in [0.2, 0.25) is 0 Å². The summed E-state index contributed by atoms with van der Waals surface area (Å²) < 4.78 is 6.13. The number of ether oxygens (including phenoxy) is 1. The maximum Gasteiger partial charge on any atom is 0.271 e. The van der Waals surface area contributed by atoms with Crippen molar-refractivity contribution in [1.29, 1.82) is 0 Å². The number of nitrogens with one attached hydrogen (secondary N) is 1. The number of nitrogens with zero attached hydrogens (tertiary/aromatic N) is 1. The number of hydrazone groups is 1. The lowest BCUT2D eigenvalue weighted by Crippen LogP contribution is -2.17. The van der Waals surface area contributed by atoms with Crippen LogP contribution >= 0.6 is 33.9 Å². The van der Waals surface area contributed by atoms with Gasteiger partial charge in [-0.25, -0.2) is 5.43 Å². The van der Waals surface area contributed by atoms with E-state index in [-0.39, 0.29) is 5.91 Å². The van der Waals surface area contributed by atoms with Crippen molar-refractivity contribution < 1.29 is 9.53 Å². The van der Waals surface area contributed by atoms with E-state index in [1.807, 2.05) is 22.9 Å². The van der Waals surface area contributed by atoms with Crippen molar-refractivity contribution in [2.75, 3.05) is 7.11 Å². The third kappa shape index (κ3) is 3.77. The highest BCUT2D eigenvalue weighted by Crippen LogP contribution is 2.21. The van der Waals surface area contributed by atoms with Gasteiger partial charge in [0.05, 0.1) is 16.9 Å². The second kappa shape index (κ2) is 6.67. The van der Waals surface area contributed by atoms with Gasteiger partial charge in [0.25, 0.3) is 5.91 Å². The van der Waals surface area contributed by atoms with E-state index in [2.05, 4.69) is 33.1 Å². The molecule has 4 nitrogen and oxygen atoms in total. The largest absolute Gasteiger partial charge is 0.496 e. The van der Waals surface area contributed by atoms with Crippen molar-refractivity contribution >= 4 is 46.0 Å². The molecule has 2 rings (SSSR count). The van der Waals surface area contributed by atoms with E-state index in [4.69, 9.17) is 4.74 Å². The SMILES string of the molecule is COc1cc(C(=O)N/N=C\c2ccsc2)ccc1I. The summed E-state index contributed by atoms with van der Waals surface area (Å²) in [5.74, 6) is 0.413. The Kier molecular flexibility index (Phi) is 4.92. The van der Waals surface area contributed by atoms with Crippen LogP contribution in [0.3, 0.4) is 0 Å². The van der Waals surface area contributed by atoms with Crippen LogP contribution in [0.5, 0.6) is 5.75 Å². The van der Waals surface area contributed by atoms with E-state index >= 15 is 0 Å². The molecule has 98 valence electrons. The predicted molar refractivity (Wildman–Crippen MR) is 85.1 cm³/mol. The number of hydrogen-bond donors (Lipinski definition) is 1. The highest BCUT2D eigenvalue weighted by Gasteiger charge is 2.07. The summed E-state index contributed by atoms with van der Waals surface area (Å²) in [4.78, 5) is 11.9. The molecule has 0 saturated heterocycles. The summed E-state index contributed by atoms with van der Waals surface area (Å²) >= 11 is 3.73. The maximum absolute atomic E-state index is 11.9. The second-order valence-electron chi connectivity index (χ2n) is 3.61. The van der Waals surface area contributed by atoms with Crippen LogP contribution in [0.15, 0.2) is 40.1 Å². The number of hydrogen-bond acceptors (Lipinski definition) is 4. The molecule has 0 unspecified atom stereocenters. The third-order valence-electron chi connectivity index (χ3n) is 2.34. The molecule has 0 aliphatic heterocycles. The monoisotopic (exact) mass is 386 g/mol. The van der Waals surface area contributed by atoms with E-state index in [1.165, 1.54) is 0 Å². The highest BCUT2D eigenvalue weighted by atomic mass is 127. The van der Waals surface area contributed by atoms with Gasteiger partial charge in [0, 0.05) is 11.1 Å². The number of carbonyl (C=O) groups is 1. The Morgan fingerprint density at radius 3 is 3.00 bits per heavy atom. The van der Waals surface area contributed by atoms with Crippen LogP contribution in [-0.4, -0.2) is 19.2 Å². The molecule has 1 amide bonds. The van der Waals surface area contributed by atoms with Crippen LogP contribution in [0.2, 0.25) is 0 Å². The maximum atomic E-state index is 11.9. The Morgan fingerprint density at radius 2 is 2.32 bits per heavy atom. The number of methoxy groups -OCH3 is 1. The predicted octanol–water partition coefficient (Wildman–Crippen LogP) is 3.13. The fourth-order valence-electron chi connectivity index (χ4n) is 1.38. The highest BCUT2D eigenvalue weighted by molar-refractivity contribution is 14.1. The number of carbonyl (C=O) groups excluding carboxylic acids is 1. The van der Waals surface area contributed by atoms with Crippen molar-refractivity contribution in [1.82, 2.24) is 5.43 Å². The molecule has 1 aromatic carbocycles. The summed E-state index contributed by atoms with van der Waals surface area (Å²) in [6.07, 6.45) is 1.61. The fourth-order valence-corrected chi connectivity index (χ4v) is 2.55. The number of amides is 1.